The van der Waals surface area contributed by atoms with Crippen LogP contribution in [0.5, 0.6) is 0 Å². The highest BCUT2D eigenvalue weighted by Crippen LogP contribution is 2.30. The lowest BCUT2D eigenvalue weighted by Crippen LogP contribution is -2.44. The second kappa shape index (κ2) is 7.41. The van der Waals surface area contributed by atoms with Gasteiger partial charge in [-0.1, -0.05) is 44.5 Å². The Balaban J connectivity index is 2.57. The van der Waals surface area contributed by atoms with E-state index in [1.54, 1.807) is 25.1 Å². The first-order chi connectivity index (χ1) is 11.7. The lowest BCUT2D eigenvalue weighted by Gasteiger charge is -2.21. The summed E-state index contributed by atoms with van der Waals surface area (Å²) in [5.74, 6) is -1.49. The van der Waals surface area contributed by atoms with Gasteiger partial charge in [-0.3, -0.25) is 4.79 Å². The third-order valence-electron chi connectivity index (χ3n) is 4.39. The molecule has 0 amide bonds. The number of hydrogen-bond acceptors (Lipinski definition) is 4. The molecule has 2 atom stereocenters. The van der Waals surface area contributed by atoms with Gasteiger partial charge in [0.05, 0.1) is 4.90 Å². The van der Waals surface area contributed by atoms with Gasteiger partial charge in [0, 0.05) is 30.6 Å². The van der Waals surface area contributed by atoms with Gasteiger partial charge in [-0.05, 0) is 18.1 Å². The van der Waals surface area contributed by atoms with Crippen molar-refractivity contribution >= 4 is 32.5 Å². The first-order valence-corrected chi connectivity index (χ1v) is 9.61. The van der Waals surface area contributed by atoms with Gasteiger partial charge >= 0.3 is 5.97 Å². The molecule has 25 heavy (non-hydrogen) atoms. The monoisotopic (exact) mass is 364 g/mol. The topological polar surface area (TPSA) is 86.7 Å². The number of anilines is 1. The number of aliphatic carboxylic acids is 1. The Labute approximate surface area is 148 Å². The Morgan fingerprint density at radius 2 is 1.76 bits per heavy atom. The van der Waals surface area contributed by atoms with Crippen LogP contribution in [0.25, 0.3) is 10.8 Å². The minimum atomic E-state index is -3.98. The molecule has 0 bridgehead atoms. The molecule has 136 valence electrons. The number of rotatable bonds is 7. The zero-order valence-electron chi connectivity index (χ0n) is 14.9. The van der Waals surface area contributed by atoms with Crippen LogP contribution in [0, 0.1) is 5.92 Å². The molecule has 2 rings (SSSR count). The second-order valence-electron chi connectivity index (χ2n) is 6.35. The van der Waals surface area contributed by atoms with Crippen LogP contribution in [0.4, 0.5) is 5.69 Å². The number of carbonyl (C=O) groups is 1. The third-order valence-corrected chi connectivity index (χ3v) is 5.89. The van der Waals surface area contributed by atoms with Gasteiger partial charge in [-0.2, -0.15) is 4.72 Å². The van der Waals surface area contributed by atoms with Crippen molar-refractivity contribution in [2.75, 3.05) is 19.0 Å². The predicted molar refractivity (Wildman–Crippen MR) is 99.5 cm³/mol. The summed E-state index contributed by atoms with van der Waals surface area (Å²) >= 11 is 0. The molecule has 2 aromatic rings. The van der Waals surface area contributed by atoms with Crippen molar-refractivity contribution in [2.24, 2.45) is 5.92 Å². The summed E-state index contributed by atoms with van der Waals surface area (Å²) in [4.78, 5) is 13.5. The molecule has 6 nitrogen and oxygen atoms in total. The molecule has 2 aromatic carbocycles. The van der Waals surface area contributed by atoms with Crippen molar-refractivity contribution in [3.05, 3.63) is 36.4 Å². The van der Waals surface area contributed by atoms with Crippen LogP contribution in [0.15, 0.2) is 41.3 Å². The molecule has 0 radical (unpaired) electrons. The Morgan fingerprint density at radius 3 is 2.32 bits per heavy atom. The van der Waals surface area contributed by atoms with Gasteiger partial charge in [0.15, 0.2) is 0 Å². The average molecular weight is 364 g/mol. The second-order valence-corrected chi connectivity index (χ2v) is 8.03. The molecule has 0 aliphatic heterocycles. The molecule has 0 aliphatic rings. The van der Waals surface area contributed by atoms with Gasteiger partial charge in [-0.15, -0.1) is 0 Å². The quantitative estimate of drug-likeness (QED) is 0.789. The Hall–Kier alpha value is -2.12. The standard InChI is InChI=1S/C18H24N2O4S/c1-5-12(2)17(18(21)22)19-25(23,24)16-11-7-8-13-14(16)9-6-10-15(13)20(3)4/h6-12,17,19H,5H2,1-4H3,(H,21,22)/t12-,17+/m0/s1. The van der Waals surface area contributed by atoms with Crippen LogP contribution in [0.1, 0.15) is 20.3 Å². The van der Waals surface area contributed by atoms with E-state index in [9.17, 15) is 18.3 Å². The maximum atomic E-state index is 12.9. The minimum Gasteiger partial charge on any atom is -0.480 e. The molecular formula is C18H24N2O4S. The van der Waals surface area contributed by atoms with Crippen LogP contribution in [0.2, 0.25) is 0 Å². The third kappa shape index (κ3) is 3.93. The number of carboxylic acid groups (broad SMARTS) is 1. The zero-order chi connectivity index (χ0) is 18.8. The highest BCUT2D eigenvalue weighted by atomic mass is 32.2. The lowest BCUT2D eigenvalue weighted by molar-refractivity contribution is -0.140. The molecule has 2 N–H and O–H groups in total. The first kappa shape index (κ1) is 19.2. The van der Waals surface area contributed by atoms with Gasteiger partial charge in [0.25, 0.3) is 0 Å². The van der Waals surface area contributed by atoms with Crippen LogP contribution >= 0.6 is 0 Å². The van der Waals surface area contributed by atoms with E-state index in [4.69, 9.17) is 0 Å². The van der Waals surface area contributed by atoms with Crippen molar-refractivity contribution < 1.29 is 18.3 Å². The number of carboxylic acids is 1. The van der Waals surface area contributed by atoms with Crippen molar-refractivity contribution in [1.29, 1.82) is 0 Å². The van der Waals surface area contributed by atoms with Crippen LogP contribution in [-0.2, 0) is 14.8 Å². The van der Waals surface area contributed by atoms with Gasteiger partial charge in [-0.25, -0.2) is 8.42 Å². The number of benzene rings is 2. The van der Waals surface area contributed by atoms with Crippen LogP contribution < -0.4 is 9.62 Å². The highest BCUT2D eigenvalue weighted by Gasteiger charge is 2.30. The highest BCUT2D eigenvalue weighted by molar-refractivity contribution is 7.89. The largest absolute Gasteiger partial charge is 0.480 e. The van der Waals surface area contributed by atoms with E-state index in [2.05, 4.69) is 4.72 Å². The molecule has 7 heteroatoms. The van der Waals surface area contributed by atoms with Crippen molar-refractivity contribution in [1.82, 2.24) is 4.72 Å². The number of hydrogen-bond donors (Lipinski definition) is 2. The summed E-state index contributed by atoms with van der Waals surface area (Å²) in [6.07, 6.45) is 0.555. The summed E-state index contributed by atoms with van der Waals surface area (Å²) in [5.41, 5.74) is 0.895. The summed E-state index contributed by atoms with van der Waals surface area (Å²) < 4.78 is 28.1. The van der Waals surface area contributed by atoms with E-state index >= 15 is 0 Å². The minimum absolute atomic E-state index is 0.0863. The van der Waals surface area contributed by atoms with Gasteiger partial charge in [0.1, 0.15) is 6.04 Å². The molecule has 0 spiro atoms. The number of nitrogens with zero attached hydrogens (tertiary/aromatic N) is 1. The number of fused-ring (bicyclic) bond motifs is 1. The summed E-state index contributed by atoms with van der Waals surface area (Å²) in [6.45, 7) is 3.55. The fourth-order valence-corrected chi connectivity index (χ4v) is 4.28. The molecular weight excluding hydrogens is 340 g/mol. The van der Waals surface area contributed by atoms with E-state index in [0.29, 0.717) is 11.8 Å². The predicted octanol–water partition coefficient (Wildman–Crippen LogP) is 2.68. The maximum Gasteiger partial charge on any atom is 0.322 e. The average Bonchev–Trinajstić information content (AvgIpc) is 2.57. The Morgan fingerprint density at radius 1 is 1.16 bits per heavy atom. The molecule has 0 saturated heterocycles. The summed E-state index contributed by atoms with van der Waals surface area (Å²) in [7, 11) is -0.205. The fraction of sp³-hybridized carbons (Fsp3) is 0.389. The lowest BCUT2D eigenvalue weighted by atomic mass is 10.0. The molecule has 0 saturated carbocycles. The van der Waals surface area contributed by atoms with Crippen molar-refractivity contribution in [3.8, 4) is 0 Å². The molecule has 0 aromatic heterocycles. The molecule has 0 heterocycles. The number of nitrogens with one attached hydrogen (secondary N) is 1. The molecule has 0 unspecified atom stereocenters. The van der Waals surface area contributed by atoms with Crippen molar-refractivity contribution in [3.63, 3.8) is 0 Å². The van der Waals surface area contributed by atoms with Gasteiger partial charge in [0.2, 0.25) is 10.0 Å². The summed E-state index contributed by atoms with van der Waals surface area (Å²) in [5, 5.41) is 10.7. The summed E-state index contributed by atoms with van der Waals surface area (Å²) in [6, 6.07) is 9.29. The molecule has 0 aliphatic carbocycles. The Kier molecular flexibility index (Phi) is 5.69. The number of sulfonamides is 1. The maximum absolute atomic E-state index is 12.9. The first-order valence-electron chi connectivity index (χ1n) is 8.13. The van der Waals surface area contributed by atoms with Crippen LogP contribution in [-0.4, -0.2) is 39.6 Å². The SMILES string of the molecule is CC[C@H](C)[C@@H](NS(=O)(=O)c1cccc2c(N(C)C)cccc12)C(=O)O. The van der Waals surface area contributed by atoms with E-state index < -0.39 is 22.0 Å². The van der Waals surface area contributed by atoms with Gasteiger partial charge < -0.3 is 10.0 Å². The van der Waals surface area contributed by atoms with Crippen molar-refractivity contribution in [2.45, 2.75) is 31.2 Å². The van der Waals surface area contributed by atoms with E-state index in [-0.39, 0.29) is 10.8 Å². The molecule has 0 fully saturated rings. The van der Waals surface area contributed by atoms with Crippen LogP contribution in [0.3, 0.4) is 0 Å². The van der Waals surface area contributed by atoms with E-state index in [1.165, 1.54) is 6.07 Å². The van der Waals surface area contributed by atoms with E-state index in [0.717, 1.165) is 11.1 Å². The Bertz CT molecular complexity index is 878. The fourth-order valence-electron chi connectivity index (χ4n) is 2.77. The smallest absolute Gasteiger partial charge is 0.322 e. The van der Waals surface area contributed by atoms with E-state index in [1.807, 2.05) is 38.1 Å². The normalized spacial score (nSPS) is 14.2. The zero-order valence-corrected chi connectivity index (χ0v) is 15.7.